The Morgan fingerprint density at radius 3 is 1.78 bits per heavy atom. The molecule has 3 aromatic heterocycles. The number of fused-ring (bicyclic) bond motifs is 3. The van der Waals surface area contributed by atoms with Crippen LogP contribution < -0.4 is 0 Å². The summed E-state index contributed by atoms with van der Waals surface area (Å²) in [6, 6.07) is 25.6. The van der Waals surface area contributed by atoms with Crippen LogP contribution in [0.4, 0.5) is 0 Å². The van der Waals surface area contributed by atoms with Crippen LogP contribution in [0, 0.1) is 0 Å². The van der Waals surface area contributed by atoms with Crippen LogP contribution in [0.1, 0.15) is 20.9 Å². The highest BCUT2D eigenvalue weighted by atomic mass is 32.2. The Hall–Kier alpha value is -2.46. The minimum Gasteiger partial charge on any atom is -0.134 e. The van der Waals surface area contributed by atoms with E-state index in [-0.39, 0.29) is 0 Å². The second kappa shape index (κ2) is 7.28. The Morgan fingerprint density at radius 1 is 0.556 bits per heavy atom. The van der Waals surface area contributed by atoms with E-state index in [1.165, 1.54) is 39.7 Å². The Kier molecular flexibility index (Phi) is 4.50. The third kappa shape index (κ3) is 3.54. The maximum atomic E-state index is 2.33. The normalized spacial score (nSPS) is 12.1. The summed E-state index contributed by atoms with van der Waals surface area (Å²) in [4.78, 5) is 2.63. The van der Waals surface area contributed by atoms with E-state index in [2.05, 4.69) is 97.1 Å². The topological polar surface area (TPSA) is 0 Å². The lowest BCUT2D eigenvalue weighted by atomic mass is 10.2. The molecule has 0 N–H and O–H groups in total. The van der Waals surface area contributed by atoms with E-state index in [0.29, 0.717) is 0 Å². The largest absolute Gasteiger partial charge is 0.134 e. The van der Waals surface area contributed by atoms with Gasteiger partial charge in [0.25, 0.3) is 0 Å². The zero-order valence-corrected chi connectivity index (χ0v) is 16.9. The van der Waals surface area contributed by atoms with Crippen LogP contribution >= 0.6 is 34.0 Å². The number of thiophene rings is 3. The van der Waals surface area contributed by atoms with E-state index in [4.69, 9.17) is 0 Å². The van der Waals surface area contributed by atoms with Gasteiger partial charge in [0.15, 0.2) is 0 Å². The standard InChI is InChI=1S/C24H16S3/c1-3-7-17(8-4-1)11-13-19-15-21-23-22(27-24(21)26-19)16-20(25-23)14-12-18-9-5-2-6-10-18/h1-16H/b13-11+,14-12+. The summed E-state index contributed by atoms with van der Waals surface area (Å²) in [5, 5.41) is 1.40. The first kappa shape index (κ1) is 16.7. The smallest absolute Gasteiger partial charge is 0.0892 e. The molecule has 0 amide bonds. The third-order valence-corrected chi connectivity index (χ3v) is 7.97. The molecular weight excluding hydrogens is 384 g/mol. The van der Waals surface area contributed by atoms with Gasteiger partial charge < -0.3 is 0 Å². The van der Waals surface area contributed by atoms with Gasteiger partial charge in [-0.2, -0.15) is 0 Å². The summed E-state index contributed by atoms with van der Waals surface area (Å²) in [6.45, 7) is 0. The molecule has 130 valence electrons. The molecule has 0 aliphatic carbocycles. The van der Waals surface area contributed by atoms with Gasteiger partial charge in [0.2, 0.25) is 0 Å². The van der Waals surface area contributed by atoms with E-state index in [9.17, 15) is 0 Å². The van der Waals surface area contributed by atoms with E-state index >= 15 is 0 Å². The van der Waals surface area contributed by atoms with Crippen LogP contribution in [0.15, 0.2) is 72.8 Å². The van der Waals surface area contributed by atoms with Gasteiger partial charge in [-0.15, -0.1) is 34.0 Å². The van der Waals surface area contributed by atoms with Gasteiger partial charge in [-0.3, -0.25) is 0 Å². The summed E-state index contributed by atoms with van der Waals surface area (Å²) in [5.74, 6) is 0. The highest BCUT2D eigenvalue weighted by molar-refractivity contribution is 7.44. The average Bonchev–Trinajstić information content (AvgIpc) is 3.37. The fourth-order valence-electron chi connectivity index (χ4n) is 3.03. The molecule has 5 aromatic rings. The fraction of sp³-hybridized carbons (Fsp3) is 0. The Morgan fingerprint density at radius 2 is 1.15 bits per heavy atom. The van der Waals surface area contributed by atoms with Crippen LogP contribution in [0.25, 0.3) is 43.1 Å². The molecule has 27 heavy (non-hydrogen) atoms. The number of benzene rings is 2. The van der Waals surface area contributed by atoms with Crippen molar-refractivity contribution in [2.75, 3.05) is 0 Å². The maximum absolute atomic E-state index is 2.33. The highest BCUT2D eigenvalue weighted by Crippen LogP contribution is 2.44. The van der Waals surface area contributed by atoms with Gasteiger partial charge in [0.1, 0.15) is 0 Å². The monoisotopic (exact) mass is 400 g/mol. The predicted octanol–water partition coefficient (Wildman–Crippen LogP) is 8.52. The average molecular weight is 401 g/mol. The van der Waals surface area contributed by atoms with E-state index in [1.54, 1.807) is 0 Å². The molecule has 3 heterocycles. The van der Waals surface area contributed by atoms with Gasteiger partial charge >= 0.3 is 0 Å². The molecule has 3 heteroatoms. The van der Waals surface area contributed by atoms with Crippen LogP contribution in [0.5, 0.6) is 0 Å². The minimum absolute atomic E-state index is 1.24. The van der Waals surface area contributed by atoms with Crippen molar-refractivity contribution >= 4 is 77.1 Å². The van der Waals surface area contributed by atoms with Crippen molar-refractivity contribution in [2.24, 2.45) is 0 Å². The van der Waals surface area contributed by atoms with Gasteiger partial charge in [-0.25, -0.2) is 0 Å². The molecule has 0 saturated carbocycles. The van der Waals surface area contributed by atoms with Crippen molar-refractivity contribution in [3.8, 4) is 0 Å². The molecule has 0 nitrogen and oxygen atoms in total. The van der Waals surface area contributed by atoms with Crippen LogP contribution in [0.2, 0.25) is 0 Å². The predicted molar refractivity (Wildman–Crippen MR) is 126 cm³/mol. The molecule has 0 atom stereocenters. The van der Waals surface area contributed by atoms with Gasteiger partial charge in [0, 0.05) is 19.8 Å². The lowest BCUT2D eigenvalue weighted by Gasteiger charge is -1.89. The summed E-state index contributed by atoms with van der Waals surface area (Å²) in [6.07, 6.45) is 8.83. The minimum atomic E-state index is 1.24. The highest BCUT2D eigenvalue weighted by Gasteiger charge is 2.11. The van der Waals surface area contributed by atoms with Crippen LogP contribution in [0.3, 0.4) is 0 Å². The van der Waals surface area contributed by atoms with E-state index < -0.39 is 0 Å². The summed E-state index contributed by atoms with van der Waals surface area (Å²) in [5.41, 5.74) is 2.48. The molecule has 0 saturated heterocycles. The van der Waals surface area contributed by atoms with Crippen LogP contribution in [-0.4, -0.2) is 0 Å². The maximum Gasteiger partial charge on any atom is 0.0892 e. The quantitative estimate of drug-likeness (QED) is 0.283. The Labute approximate surface area is 170 Å². The zero-order valence-electron chi connectivity index (χ0n) is 14.5. The number of hydrogen-bond donors (Lipinski definition) is 0. The van der Waals surface area contributed by atoms with Crippen molar-refractivity contribution in [1.82, 2.24) is 0 Å². The fourth-order valence-corrected chi connectivity index (χ4v) is 6.85. The Bertz CT molecular complexity index is 1150. The molecule has 0 bridgehead atoms. The molecule has 0 unspecified atom stereocenters. The van der Waals surface area contributed by atoms with Crippen molar-refractivity contribution in [3.05, 3.63) is 93.7 Å². The van der Waals surface area contributed by atoms with Crippen molar-refractivity contribution in [2.45, 2.75) is 0 Å². The number of rotatable bonds is 4. The van der Waals surface area contributed by atoms with Gasteiger partial charge in [-0.05, 0) is 35.4 Å². The van der Waals surface area contributed by atoms with Crippen molar-refractivity contribution in [3.63, 3.8) is 0 Å². The summed E-state index contributed by atoms with van der Waals surface area (Å²) >= 11 is 5.68. The molecule has 0 aliphatic rings. The lowest BCUT2D eigenvalue weighted by Crippen LogP contribution is -1.67. The molecular formula is C24H16S3. The van der Waals surface area contributed by atoms with Gasteiger partial charge in [-0.1, -0.05) is 72.8 Å². The molecule has 0 aliphatic heterocycles. The second-order valence-electron chi connectivity index (χ2n) is 6.28. The molecule has 0 radical (unpaired) electrons. The second-order valence-corrected chi connectivity index (χ2v) is 9.76. The van der Waals surface area contributed by atoms with Gasteiger partial charge in [0.05, 0.1) is 8.71 Å². The first-order valence-corrected chi connectivity index (χ1v) is 11.2. The van der Waals surface area contributed by atoms with E-state index in [1.807, 2.05) is 34.0 Å². The molecule has 0 spiro atoms. The number of hydrogen-bond acceptors (Lipinski definition) is 3. The van der Waals surface area contributed by atoms with Crippen molar-refractivity contribution < 1.29 is 0 Å². The lowest BCUT2D eigenvalue weighted by molar-refractivity contribution is 1.67. The molecule has 0 fully saturated rings. The molecule has 2 aromatic carbocycles. The zero-order chi connectivity index (χ0) is 18.1. The summed E-state index contributed by atoms with van der Waals surface area (Å²) in [7, 11) is 0. The van der Waals surface area contributed by atoms with E-state index in [0.717, 1.165) is 0 Å². The summed E-state index contributed by atoms with van der Waals surface area (Å²) < 4.78 is 4.23. The first-order chi connectivity index (χ1) is 13.3. The van der Waals surface area contributed by atoms with Crippen LogP contribution in [-0.2, 0) is 0 Å². The molecule has 5 rings (SSSR count). The first-order valence-electron chi connectivity index (χ1n) is 8.77. The van der Waals surface area contributed by atoms with Crippen molar-refractivity contribution in [1.29, 1.82) is 0 Å². The SMILES string of the molecule is C(=C\c1cc2c(s1)sc1cc(/C=C/c3ccccc3)sc12)/c1ccccc1. The Balaban J connectivity index is 1.44. The third-order valence-electron chi connectivity index (χ3n) is 4.36.